The van der Waals surface area contributed by atoms with Crippen LogP contribution in [0.3, 0.4) is 0 Å². The second-order valence-corrected chi connectivity index (χ2v) is 7.06. The van der Waals surface area contributed by atoms with Gasteiger partial charge in [0.1, 0.15) is 5.82 Å². The van der Waals surface area contributed by atoms with Crippen LogP contribution in [0, 0.1) is 0 Å². The summed E-state index contributed by atoms with van der Waals surface area (Å²) < 4.78 is 0. The van der Waals surface area contributed by atoms with Crippen LogP contribution in [-0.4, -0.2) is 60.2 Å². The number of urea groups is 1. The molecule has 0 spiro atoms. The predicted octanol–water partition coefficient (Wildman–Crippen LogP) is 2.11. The van der Waals surface area contributed by atoms with E-state index in [1.54, 1.807) is 12.4 Å². The number of carbonyl (C=O) groups is 1. The number of hydrogen-bond donors (Lipinski definition) is 1. The quantitative estimate of drug-likeness (QED) is 0.898. The topological polar surface area (TPSA) is 64.6 Å². The minimum absolute atomic E-state index is 0.00648. The molecule has 7 heteroatoms. The SMILES string of the molecule is O=C(NCc1ccc(N2CCCC2)nc1)N1CCN(c2ccncc2)CC1. The van der Waals surface area contributed by atoms with Crippen LogP contribution >= 0.6 is 0 Å². The molecule has 2 aliphatic rings. The van der Waals surface area contributed by atoms with Gasteiger partial charge in [-0.1, -0.05) is 6.07 Å². The van der Waals surface area contributed by atoms with Gasteiger partial charge in [0.15, 0.2) is 0 Å². The van der Waals surface area contributed by atoms with Crippen LogP contribution in [0.4, 0.5) is 16.3 Å². The highest BCUT2D eigenvalue weighted by Gasteiger charge is 2.21. The number of piperazine rings is 1. The zero-order valence-electron chi connectivity index (χ0n) is 15.5. The molecule has 4 heterocycles. The molecule has 0 aromatic carbocycles. The van der Waals surface area contributed by atoms with Crippen molar-refractivity contribution >= 4 is 17.5 Å². The fourth-order valence-electron chi connectivity index (χ4n) is 3.67. The molecule has 0 unspecified atom stereocenters. The van der Waals surface area contributed by atoms with Crippen molar-refractivity contribution < 1.29 is 4.79 Å². The summed E-state index contributed by atoms with van der Waals surface area (Å²) in [4.78, 5) is 27.5. The van der Waals surface area contributed by atoms with E-state index in [0.717, 1.165) is 56.3 Å². The molecule has 0 atom stereocenters. The van der Waals surface area contributed by atoms with E-state index in [1.165, 1.54) is 12.8 Å². The molecule has 4 rings (SSSR count). The maximum atomic E-state index is 12.4. The van der Waals surface area contributed by atoms with E-state index in [4.69, 9.17) is 0 Å². The van der Waals surface area contributed by atoms with Gasteiger partial charge < -0.3 is 20.0 Å². The molecule has 0 radical (unpaired) electrons. The highest BCUT2D eigenvalue weighted by Crippen LogP contribution is 2.18. The summed E-state index contributed by atoms with van der Waals surface area (Å²) in [6.45, 7) is 5.81. The van der Waals surface area contributed by atoms with Crippen molar-refractivity contribution in [2.24, 2.45) is 0 Å². The number of nitrogens with one attached hydrogen (secondary N) is 1. The first-order valence-electron chi connectivity index (χ1n) is 9.67. The average Bonchev–Trinajstić information content (AvgIpc) is 3.28. The minimum Gasteiger partial charge on any atom is -0.368 e. The molecule has 142 valence electrons. The normalized spacial score (nSPS) is 17.3. The number of hydrogen-bond acceptors (Lipinski definition) is 5. The number of rotatable bonds is 4. The second kappa shape index (κ2) is 8.24. The lowest BCUT2D eigenvalue weighted by atomic mass is 10.2. The molecule has 2 amide bonds. The first-order chi connectivity index (χ1) is 13.3. The van der Waals surface area contributed by atoms with Gasteiger partial charge in [-0.15, -0.1) is 0 Å². The van der Waals surface area contributed by atoms with Gasteiger partial charge in [-0.05, 0) is 36.6 Å². The van der Waals surface area contributed by atoms with E-state index in [2.05, 4.69) is 37.2 Å². The first-order valence-corrected chi connectivity index (χ1v) is 9.67. The van der Waals surface area contributed by atoms with Crippen molar-refractivity contribution in [3.8, 4) is 0 Å². The predicted molar refractivity (Wildman–Crippen MR) is 106 cm³/mol. The van der Waals surface area contributed by atoms with Crippen LogP contribution in [0.1, 0.15) is 18.4 Å². The highest BCUT2D eigenvalue weighted by atomic mass is 16.2. The van der Waals surface area contributed by atoms with Gasteiger partial charge in [0, 0.05) is 70.1 Å². The second-order valence-electron chi connectivity index (χ2n) is 7.06. The van der Waals surface area contributed by atoms with E-state index in [0.29, 0.717) is 6.54 Å². The summed E-state index contributed by atoms with van der Waals surface area (Å²) in [7, 11) is 0. The van der Waals surface area contributed by atoms with Gasteiger partial charge in [0.05, 0.1) is 0 Å². The Hall–Kier alpha value is -2.83. The molecule has 0 bridgehead atoms. The molecular formula is C20H26N6O. The Bertz CT molecular complexity index is 737. The monoisotopic (exact) mass is 366 g/mol. The maximum absolute atomic E-state index is 12.4. The van der Waals surface area contributed by atoms with E-state index < -0.39 is 0 Å². The van der Waals surface area contributed by atoms with E-state index in [-0.39, 0.29) is 6.03 Å². The third kappa shape index (κ3) is 4.30. The van der Waals surface area contributed by atoms with Crippen molar-refractivity contribution in [2.45, 2.75) is 19.4 Å². The maximum Gasteiger partial charge on any atom is 0.317 e. The Labute approximate surface area is 160 Å². The van der Waals surface area contributed by atoms with Crippen LogP contribution in [0.15, 0.2) is 42.9 Å². The van der Waals surface area contributed by atoms with Crippen molar-refractivity contribution in [1.29, 1.82) is 0 Å². The fraction of sp³-hybridized carbons (Fsp3) is 0.450. The zero-order valence-corrected chi connectivity index (χ0v) is 15.5. The van der Waals surface area contributed by atoms with Crippen LogP contribution in [0.2, 0.25) is 0 Å². The van der Waals surface area contributed by atoms with Gasteiger partial charge in [0.2, 0.25) is 0 Å². The number of aromatic nitrogens is 2. The summed E-state index contributed by atoms with van der Waals surface area (Å²) in [5.41, 5.74) is 2.19. The Morgan fingerprint density at radius 3 is 2.33 bits per heavy atom. The lowest BCUT2D eigenvalue weighted by Crippen LogP contribution is -2.51. The lowest BCUT2D eigenvalue weighted by Gasteiger charge is -2.36. The molecule has 27 heavy (non-hydrogen) atoms. The number of carbonyl (C=O) groups excluding carboxylic acids is 1. The Morgan fingerprint density at radius 2 is 1.67 bits per heavy atom. The molecule has 1 N–H and O–H groups in total. The van der Waals surface area contributed by atoms with Crippen LogP contribution < -0.4 is 15.1 Å². The number of amides is 2. The molecule has 2 fully saturated rings. The van der Waals surface area contributed by atoms with Crippen molar-refractivity contribution in [1.82, 2.24) is 20.2 Å². The van der Waals surface area contributed by atoms with Gasteiger partial charge in [-0.2, -0.15) is 0 Å². The smallest absolute Gasteiger partial charge is 0.317 e. The lowest BCUT2D eigenvalue weighted by molar-refractivity contribution is 0.194. The Balaban J connectivity index is 1.24. The molecule has 2 aromatic heterocycles. The van der Waals surface area contributed by atoms with Crippen LogP contribution in [0.5, 0.6) is 0 Å². The summed E-state index contributed by atoms with van der Waals surface area (Å²) in [5.74, 6) is 1.04. The van der Waals surface area contributed by atoms with Gasteiger partial charge in [-0.3, -0.25) is 4.98 Å². The molecule has 2 aromatic rings. The first kappa shape index (κ1) is 17.6. The Morgan fingerprint density at radius 1 is 0.926 bits per heavy atom. The molecule has 0 aliphatic carbocycles. The largest absolute Gasteiger partial charge is 0.368 e. The van der Waals surface area contributed by atoms with Crippen molar-refractivity contribution in [2.75, 3.05) is 49.1 Å². The van der Waals surface area contributed by atoms with Gasteiger partial charge >= 0.3 is 6.03 Å². The Kier molecular flexibility index (Phi) is 5.37. The summed E-state index contributed by atoms with van der Waals surface area (Å²) >= 11 is 0. The molecule has 2 saturated heterocycles. The van der Waals surface area contributed by atoms with E-state index in [9.17, 15) is 4.79 Å². The molecule has 0 saturated carbocycles. The average molecular weight is 366 g/mol. The summed E-state index contributed by atoms with van der Waals surface area (Å²) in [6, 6.07) is 8.12. The fourth-order valence-corrected chi connectivity index (χ4v) is 3.67. The standard InChI is InChI=1S/C20H26N6O/c27-20(26-13-11-24(12-14-26)18-5-7-21-8-6-18)23-16-17-3-4-19(22-15-17)25-9-1-2-10-25/h3-8,15H,1-2,9-14,16H2,(H,23,27). The molecule has 7 nitrogen and oxygen atoms in total. The van der Waals surface area contributed by atoms with E-state index >= 15 is 0 Å². The van der Waals surface area contributed by atoms with Crippen molar-refractivity contribution in [3.63, 3.8) is 0 Å². The number of nitrogens with zero attached hydrogens (tertiary/aromatic N) is 5. The number of anilines is 2. The van der Waals surface area contributed by atoms with Crippen LogP contribution in [0.25, 0.3) is 0 Å². The number of pyridine rings is 2. The van der Waals surface area contributed by atoms with Gasteiger partial charge in [0.25, 0.3) is 0 Å². The third-order valence-electron chi connectivity index (χ3n) is 5.28. The van der Waals surface area contributed by atoms with E-state index in [1.807, 2.05) is 23.2 Å². The van der Waals surface area contributed by atoms with Crippen LogP contribution in [-0.2, 0) is 6.54 Å². The van der Waals surface area contributed by atoms with Crippen molar-refractivity contribution in [3.05, 3.63) is 48.4 Å². The highest BCUT2D eigenvalue weighted by molar-refractivity contribution is 5.74. The summed E-state index contributed by atoms with van der Waals surface area (Å²) in [6.07, 6.45) is 7.96. The zero-order chi connectivity index (χ0) is 18.5. The summed E-state index contributed by atoms with van der Waals surface area (Å²) in [5, 5.41) is 3.02. The third-order valence-corrected chi connectivity index (χ3v) is 5.28. The molecular weight excluding hydrogens is 340 g/mol. The van der Waals surface area contributed by atoms with Gasteiger partial charge in [-0.25, -0.2) is 9.78 Å². The minimum atomic E-state index is -0.00648. The molecule has 2 aliphatic heterocycles.